The van der Waals surface area contributed by atoms with Gasteiger partial charge in [-0.1, -0.05) is 26.0 Å². The van der Waals surface area contributed by atoms with Crippen LogP contribution < -0.4 is 15.4 Å². The van der Waals surface area contributed by atoms with Crippen molar-refractivity contribution in [3.63, 3.8) is 0 Å². The summed E-state index contributed by atoms with van der Waals surface area (Å²) in [6.07, 6.45) is 2.83. The fraction of sp³-hybridized carbons (Fsp3) is 0.500. The van der Waals surface area contributed by atoms with Crippen LogP contribution in [0.2, 0.25) is 0 Å². The third-order valence-electron chi connectivity index (χ3n) is 3.55. The maximum Gasteiger partial charge on any atom is 0.191 e. The number of aliphatic imine (C=N–C) groups is 1. The summed E-state index contributed by atoms with van der Waals surface area (Å²) in [4.78, 5) is 10.3. The molecule has 0 spiro atoms. The van der Waals surface area contributed by atoms with Crippen LogP contribution in [0.25, 0.3) is 0 Å². The molecule has 1 aromatic heterocycles. The lowest BCUT2D eigenvalue weighted by molar-refractivity contribution is 0.271. The van der Waals surface area contributed by atoms with E-state index in [0.717, 1.165) is 48.4 Å². The van der Waals surface area contributed by atoms with E-state index in [0.29, 0.717) is 12.5 Å². The predicted octanol–water partition coefficient (Wildman–Crippen LogP) is 4.40. The molecule has 0 amide bonds. The first kappa shape index (κ1) is 23.7. The Bertz CT molecular complexity index is 703. The van der Waals surface area contributed by atoms with Crippen LogP contribution >= 0.6 is 35.3 Å². The highest BCUT2D eigenvalue weighted by molar-refractivity contribution is 14.0. The summed E-state index contributed by atoms with van der Waals surface area (Å²) >= 11 is 1.75. The van der Waals surface area contributed by atoms with Crippen molar-refractivity contribution in [1.82, 2.24) is 15.6 Å². The zero-order valence-electron chi connectivity index (χ0n) is 16.6. The molecule has 0 aliphatic rings. The molecule has 0 fully saturated rings. The Labute approximate surface area is 184 Å². The van der Waals surface area contributed by atoms with Gasteiger partial charge in [0.1, 0.15) is 5.75 Å². The second kappa shape index (κ2) is 12.9. The minimum absolute atomic E-state index is 0. The SMILES string of the molecule is CCNC(=NCc1cccc(OCC(C)C)c1)NCCc1ncc(C)s1.I. The van der Waals surface area contributed by atoms with Crippen LogP contribution in [0.15, 0.2) is 35.5 Å². The van der Waals surface area contributed by atoms with E-state index in [1.165, 1.54) is 4.88 Å². The Kier molecular flexibility index (Phi) is 11.3. The van der Waals surface area contributed by atoms with Crippen molar-refractivity contribution in [3.05, 3.63) is 45.9 Å². The molecule has 0 aliphatic carbocycles. The maximum absolute atomic E-state index is 5.79. The van der Waals surface area contributed by atoms with Gasteiger partial charge in [0.05, 0.1) is 18.2 Å². The number of aryl methyl sites for hydroxylation is 1. The Hall–Kier alpha value is -1.35. The largest absolute Gasteiger partial charge is 0.493 e. The van der Waals surface area contributed by atoms with Crippen molar-refractivity contribution in [2.75, 3.05) is 19.7 Å². The van der Waals surface area contributed by atoms with Crippen LogP contribution in [0.1, 0.15) is 36.2 Å². The van der Waals surface area contributed by atoms with E-state index in [1.807, 2.05) is 18.3 Å². The summed E-state index contributed by atoms with van der Waals surface area (Å²) in [5.74, 6) is 2.25. The van der Waals surface area contributed by atoms with E-state index in [2.05, 4.69) is 60.4 Å². The highest BCUT2D eigenvalue weighted by Crippen LogP contribution is 2.15. The van der Waals surface area contributed by atoms with Crippen molar-refractivity contribution in [3.8, 4) is 5.75 Å². The summed E-state index contributed by atoms with van der Waals surface area (Å²) in [7, 11) is 0. The van der Waals surface area contributed by atoms with Gasteiger partial charge in [-0.3, -0.25) is 0 Å². The summed E-state index contributed by atoms with van der Waals surface area (Å²) in [5, 5.41) is 7.82. The molecular formula is C20H31IN4OS. The first-order chi connectivity index (χ1) is 12.6. The van der Waals surface area contributed by atoms with Crippen LogP contribution in [-0.4, -0.2) is 30.6 Å². The third-order valence-corrected chi connectivity index (χ3v) is 4.52. The molecule has 0 bridgehead atoms. The maximum atomic E-state index is 5.79. The lowest BCUT2D eigenvalue weighted by atomic mass is 10.2. The van der Waals surface area contributed by atoms with Crippen LogP contribution in [0.4, 0.5) is 0 Å². The normalized spacial score (nSPS) is 11.2. The number of hydrogen-bond donors (Lipinski definition) is 2. The number of nitrogens with one attached hydrogen (secondary N) is 2. The molecule has 2 aromatic rings. The average molecular weight is 502 g/mol. The molecule has 2 N–H and O–H groups in total. The number of ether oxygens (including phenoxy) is 1. The van der Waals surface area contributed by atoms with E-state index in [4.69, 9.17) is 4.74 Å². The number of hydrogen-bond acceptors (Lipinski definition) is 4. The molecule has 27 heavy (non-hydrogen) atoms. The fourth-order valence-corrected chi connectivity index (χ4v) is 3.10. The van der Waals surface area contributed by atoms with Gasteiger partial charge in [-0.25, -0.2) is 9.98 Å². The number of guanidine groups is 1. The molecular weight excluding hydrogens is 471 g/mol. The molecule has 0 aliphatic heterocycles. The zero-order chi connectivity index (χ0) is 18.8. The zero-order valence-corrected chi connectivity index (χ0v) is 19.8. The van der Waals surface area contributed by atoms with Crippen molar-refractivity contribution in [2.24, 2.45) is 10.9 Å². The van der Waals surface area contributed by atoms with Crippen LogP contribution in [0, 0.1) is 12.8 Å². The Balaban J connectivity index is 0.00000364. The smallest absolute Gasteiger partial charge is 0.191 e. The van der Waals surface area contributed by atoms with E-state index in [-0.39, 0.29) is 24.0 Å². The molecule has 0 saturated heterocycles. The minimum Gasteiger partial charge on any atom is -0.493 e. The van der Waals surface area contributed by atoms with E-state index >= 15 is 0 Å². The summed E-state index contributed by atoms with van der Waals surface area (Å²) in [6.45, 7) is 11.4. The first-order valence-electron chi connectivity index (χ1n) is 9.22. The molecule has 0 atom stereocenters. The number of halogens is 1. The van der Waals surface area contributed by atoms with Gasteiger partial charge >= 0.3 is 0 Å². The van der Waals surface area contributed by atoms with Crippen molar-refractivity contribution >= 4 is 41.3 Å². The Morgan fingerprint density at radius 3 is 2.78 bits per heavy atom. The van der Waals surface area contributed by atoms with Gasteiger partial charge in [0.15, 0.2) is 5.96 Å². The minimum atomic E-state index is 0. The van der Waals surface area contributed by atoms with Gasteiger partial charge < -0.3 is 15.4 Å². The van der Waals surface area contributed by atoms with E-state index < -0.39 is 0 Å². The van der Waals surface area contributed by atoms with E-state index in [1.54, 1.807) is 11.3 Å². The van der Waals surface area contributed by atoms with Gasteiger partial charge in [-0.15, -0.1) is 35.3 Å². The second-order valence-corrected chi connectivity index (χ2v) is 7.91. The quantitative estimate of drug-likeness (QED) is 0.303. The molecule has 7 heteroatoms. The van der Waals surface area contributed by atoms with Gasteiger partial charge in [0.2, 0.25) is 0 Å². The fourth-order valence-electron chi connectivity index (χ4n) is 2.31. The highest BCUT2D eigenvalue weighted by atomic mass is 127. The molecule has 0 unspecified atom stereocenters. The lowest BCUT2D eigenvalue weighted by Crippen LogP contribution is -2.38. The monoisotopic (exact) mass is 502 g/mol. The van der Waals surface area contributed by atoms with E-state index in [9.17, 15) is 0 Å². The van der Waals surface area contributed by atoms with Crippen molar-refractivity contribution in [1.29, 1.82) is 0 Å². The van der Waals surface area contributed by atoms with Crippen LogP contribution in [0.3, 0.4) is 0 Å². The van der Waals surface area contributed by atoms with Crippen molar-refractivity contribution in [2.45, 2.75) is 40.7 Å². The Morgan fingerprint density at radius 2 is 2.11 bits per heavy atom. The van der Waals surface area contributed by atoms with Crippen molar-refractivity contribution < 1.29 is 4.74 Å². The second-order valence-electron chi connectivity index (χ2n) is 6.59. The summed E-state index contributed by atoms with van der Waals surface area (Å²) < 4.78 is 5.79. The van der Waals surface area contributed by atoms with Gasteiger partial charge in [-0.05, 0) is 37.5 Å². The average Bonchev–Trinajstić information content (AvgIpc) is 3.03. The summed E-state index contributed by atoms with van der Waals surface area (Å²) in [6, 6.07) is 8.15. The third kappa shape index (κ3) is 9.41. The predicted molar refractivity (Wildman–Crippen MR) is 126 cm³/mol. The summed E-state index contributed by atoms with van der Waals surface area (Å²) in [5.41, 5.74) is 1.14. The number of thiazole rings is 1. The van der Waals surface area contributed by atoms with Gasteiger partial charge in [0.25, 0.3) is 0 Å². The molecule has 2 rings (SSSR count). The molecule has 0 radical (unpaired) electrons. The number of nitrogens with zero attached hydrogens (tertiary/aromatic N) is 2. The van der Waals surface area contributed by atoms with Gasteiger partial charge in [0, 0.05) is 30.6 Å². The first-order valence-corrected chi connectivity index (χ1v) is 10.0. The van der Waals surface area contributed by atoms with Crippen LogP contribution in [0.5, 0.6) is 5.75 Å². The lowest BCUT2D eigenvalue weighted by Gasteiger charge is -2.11. The molecule has 0 saturated carbocycles. The number of rotatable bonds is 9. The highest BCUT2D eigenvalue weighted by Gasteiger charge is 2.02. The number of benzene rings is 1. The number of aromatic nitrogens is 1. The molecule has 1 heterocycles. The van der Waals surface area contributed by atoms with Crippen LogP contribution in [-0.2, 0) is 13.0 Å². The topological polar surface area (TPSA) is 58.5 Å². The molecule has 1 aromatic carbocycles. The standard InChI is InChI=1S/C20H30N4OS.HI/c1-5-21-20(22-10-9-19-23-12-16(4)26-19)24-13-17-7-6-8-18(11-17)25-14-15(2)3;/h6-8,11-12,15H,5,9-10,13-14H2,1-4H3,(H2,21,22,24);1H. The Morgan fingerprint density at radius 1 is 1.30 bits per heavy atom. The van der Waals surface area contributed by atoms with Gasteiger partial charge in [-0.2, -0.15) is 0 Å². The molecule has 150 valence electrons. The molecule has 5 nitrogen and oxygen atoms in total.